The van der Waals surface area contributed by atoms with Gasteiger partial charge in [0.1, 0.15) is 0 Å². The maximum atomic E-state index is 4.82. The first-order valence-corrected chi connectivity index (χ1v) is 9.02. The molecule has 1 saturated heterocycles. The van der Waals surface area contributed by atoms with Crippen molar-refractivity contribution in [1.82, 2.24) is 5.32 Å². The maximum absolute atomic E-state index is 4.82. The van der Waals surface area contributed by atoms with Crippen molar-refractivity contribution in [2.75, 3.05) is 23.8 Å². The van der Waals surface area contributed by atoms with Crippen LogP contribution in [0.2, 0.25) is 0 Å². The number of hydrogen-bond donors (Lipinski definition) is 1. The predicted molar refractivity (Wildman–Crippen MR) is 79.1 cm³/mol. The zero-order valence-electron chi connectivity index (χ0n) is 10.4. The fourth-order valence-corrected chi connectivity index (χ4v) is 5.42. The fraction of sp³-hybridized carbons (Fsp3) is 0.923. The molecule has 3 rings (SSSR count). The van der Waals surface area contributed by atoms with Gasteiger partial charge in [0, 0.05) is 18.3 Å². The molecule has 0 bridgehead atoms. The molecule has 17 heavy (non-hydrogen) atoms. The molecule has 0 radical (unpaired) electrons. The van der Waals surface area contributed by atoms with E-state index in [0.29, 0.717) is 11.5 Å². The quantitative estimate of drug-likeness (QED) is 0.792. The van der Waals surface area contributed by atoms with E-state index in [2.05, 4.69) is 17.1 Å². The third-order valence-corrected chi connectivity index (χ3v) is 6.61. The van der Waals surface area contributed by atoms with Crippen LogP contribution in [0.3, 0.4) is 0 Å². The van der Waals surface area contributed by atoms with Crippen molar-refractivity contribution in [2.45, 2.75) is 44.6 Å². The van der Waals surface area contributed by atoms with E-state index in [1.807, 2.05) is 11.8 Å². The molecule has 0 aromatic carbocycles. The van der Waals surface area contributed by atoms with Crippen molar-refractivity contribution in [3.8, 4) is 0 Å². The third-order valence-electron chi connectivity index (χ3n) is 4.29. The minimum Gasteiger partial charge on any atom is -0.362 e. The van der Waals surface area contributed by atoms with Gasteiger partial charge < -0.3 is 5.32 Å². The Kier molecular flexibility index (Phi) is 3.90. The van der Waals surface area contributed by atoms with Gasteiger partial charge in [-0.2, -0.15) is 11.8 Å². The SMILES string of the molecule is C1CCC2(C1)CN=C(NC1CCSCC1)SC2. The number of nitrogens with one attached hydrogen (secondary N) is 1. The lowest BCUT2D eigenvalue weighted by Crippen LogP contribution is -2.40. The highest BCUT2D eigenvalue weighted by atomic mass is 32.2. The van der Waals surface area contributed by atoms with Crippen molar-refractivity contribution in [3.05, 3.63) is 0 Å². The van der Waals surface area contributed by atoms with E-state index in [4.69, 9.17) is 4.99 Å². The summed E-state index contributed by atoms with van der Waals surface area (Å²) < 4.78 is 0. The summed E-state index contributed by atoms with van der Waals surface area (Å²) in [5, 5.41) is 4.90. The minimum absolute atomic E-state index is 0.582. The summed E-state index contributed by atoms with van der Waals surface area (Å²) in [6.45, 7) is 1.09. The van der Waals surface area contributed by atoms with E-state index in [1.54, 1.807) is 0 Å². The Morgan fingerprint density at radius 3 is 2.59 bits per heavy atom. The molecule has 1 aliphatic carbocycles. The molecule has 2 aliphatic heterocycles. The lowest BCUT2D eigenvalue weighted by atomic mass is 9.89. The first-order chi connectivity index (χ1) is 8.36. The molecule has 0 unspecified atom stereocenters. The normalized spacial score (nSPS) is 29.3. The number of rotatable bonds is 1. The number of nitrogens with zero attached hydrogens (tertiary/aromatic N) is 1. The summed E-state index contributed by atoms with van der Waals surface area (Å²) in [4.78, 5) is 4.82. The van der Waals surface area contributed by atoms with Crippen LogP contribution in [0, 0.1) is 5.41 Å². The molecule has 0 amide bonds. The second-order valence-electron chi connectivity index (χ2n) is 5.65. The summed E-state index contributed by atoms with van der Waals surface area (Å²) in [6.07, 6.45) is 8.32. The highest BCUT2D eigenvalue weighted by Gasteiger charge is 2.36. The Morgan fingerprint density at radius 2 is 1.94 bits per heavy atom. The van der Waals surface area contributed by atoms with E-state index >= 15 is 0 Å². The van der Waals surface area contributed by atoms with E-state index < -0.39 is 0 Å². The topological polar surface area (TPSA) is 24.4 Å². The van der Waals surface area contributed by atoms with Crippen LogP contribution in [0.4, 0.5) is 0 Å². The Balaban J connectivity index is 1.53. The largest absolute Gasteiger partial charge is 0.362 e. The van der Waals surface area contributed by atoms with Gasteiger partial charge in [0.25, 0.3) is 0 Å². The summed E-state index contributed by atoms with van der Waals surface area (Å²) in [6, 6.07) is 0.695. The van der Waals surface area contributed by atoms with Crippen molar-refractivity contribution in [3.63, 3.8) is 0 Å². The molecule has 0 atom stereocenters. The van der Waals surface area contributed by atoms with Crippen LogP contribution in [-0.2, 0) is 0 Å². The van der Waals surface area contributed by atoms with Crippen LogP contribution < -0.4 is 5.32 Å². The standard InChI is InChI=1S/C13H22N2S2/c1-2-6-13(5-1)9-14-12(17-10-13)15-11-3-7-16-8-4-11/h11H,1-10H2,(H,14,15). The molecule has 2 nitrogen and oxygen atoms in total. The first-order valence-electron chi connectivity index (χ1n) is 6.88. The molecule has 1 saturated carbocycles. The van der Waals surface area contributed by atoms with Gasteiger partial charge >= 0.3 is 0 Å². The Labute approximate surface area is 113 Å². The summed E-state index contributed by atoms with van der Waals surface area (Å²) in [7, 11) is 0. The second-order valence-corrected chi connectivity index (χ2v) is 7.84. The van der Waals surface area contributed by atoms with Crippen molar-refractivity contribution < 1.29 is 0 Å². The van der Waals surface area contributed by atoms with Crippen molar-refractivity contribution in [2.24, 2.45) is 10.4 Å². The molecule has 1 spiro atoms. The molecule has 1 N–H and O–H groups in total. The van der Waals surface area contributed by atoms with Gasteiger partial charge in [-0.3, -0.25) is 4.99 Å². The van der Waals surface area contributed by atoms with Crippen molar-refractivity contribution >= 4 is 28.7 Å². The number of aliphatic imine (C=N–C) groups is 1. The van der Waals surface area contributed by atoms with Crippen LogP contribution in [0.15, 0.2) is 4.99 Å². The van der Waals surface area contributed by atoms with Gasteiger partial charge in [0.15, 0.2) is 5.17 Å². The van der Waals surface area contributed by atoms with Crippen LogP contribution in [0.5, 0.6) is 0 Å². The molecule has 0 aromatic heterocycles. The van der Waals surface area contributed by atoms with Gasteiger partial charge in [-0.25, -0.2) is 0 Å². The van der Waals surface area contributed by atoms with Crippen LogP contribution >= 0.6 is 23.5 Å². The van der Waals surface area contributed by atoms with Gasteiger partial charge in [-0.15, -0.1) is 0 Å². The Morgan fingerprint density at radius 1 is 1.18 bits per heavy atom. The highest BCUT2D eigenvalue weighted by molar-refractivity contribution is 8.13. The molecule has 2 fully saturated rings. The molecule has 0 aromatic rings. The lowest BCUT2D eigenvalue weighted by Gasteiger charge is -2.33. The van der Waals surface area contributed by atoms with E-state index in [1.165, 1.54) is 61.0 Å². The maximum Gasteiger partial charge on any atom is 0.156 e. The lowest BCUT2D eigenvalue weighted by molar-refractivity contribution is 0.357. The first kappa shape index (κ1) is 12.2. The third kappa shape index (κ3) is 2.95. The zero-order valence-corrected chi connectivity index (χ0v) is 12.0. The molecule has 3 aliphatic rings. The molecule has 4 heteroatoms. The van der Waals surface area contributed by atoms with Gasteiger partial charge in [-0.05, 0) is 42.6 Å². The van der Waals surface area contributed by atoms with Gasteiger partial charge in [0.2, 0.25) is 0 Å². The predicted octanol–water partition coefficient (Wildman–Crippen LogP) is 3.13. The van der Waals surface area contributed by atoms with Crippen LogP contribution in [0.25, 0.3) is 0 Å². The second kappa shape index (κ2) is 5.43. The van der Waals surface area contributed by atoms with Crippen LogP contribution in [-0.4, -0.2) is 35.0 Å². The Hall–Kier alpha value is 0.170. The monoisotopic (exact) mass is 270 g/mol. The number of hydrogen-bond acceptors (Lipinski definition) is 4. The Bertz CT molecular complexity index is 292. The smallest absolute Gasteiger partial charge is 0.156 e. The highest BCUT2D eigenvalue weighted by Crippen LogP contribution is 2.43. The average molecular weight is 270 g/mol. The molecular weight excluding hydrogens is 248 g/mol. The number of thioether (sulfide) groups is 2. The summed E-state index contributed by atoms with van der Waals surface area (Å²) in [5.74, 6) is 3.94. The van der Waals surface area contributed by atoms with Gasteiger partial charge in [0.05, 0.1) is 0 Å². The summed E-state index contributed by atoms with van der Waals surface area (Å²) >= 11 is 4.07. The minimum atomic E-state index is 0.582. The van der Waals surface area contributed by atoms with E-state index in [-0.39, 0.29) is 0 Å². The zero-order chi connectivity index (χ0) is 11.6. The van der Waals surface area contributed by atoms with E-state index in [0.717, 1.165) is 6.54 Å². The van der Waals surface area contributed by atoms with Crippen molar-refractivity contribution in [1.29, 1.82) is 0 Å². The van der Waals surface area contributed by atoms with Gasteiger partial charge in [-0.1, -0.05) is 24.6 Å². The van der Waals surface area contributed by atoms with Crippen LogP contribution in [0.1, 0.15) is 38.5 Å². The number of amidine groups is 1. The molecule has 2 heterocycles. The average Bonchev–Trinajstić information content (AvgIpc) is 2.83. The summed E-state index contributed by atoms with van der Waals surface area (Å²) in [5.41, 5.74) is 0.582. The van der Waals surface area contributed by atoms with E-state index in [9.17, 15) is 0 Å². The fourth-order valence-electron chi connectivity index (χ4n) is 3.08. The molecule has 96 valence electrons. The molecular formula is C13H22N2S2.